The fraction of sp³-hybridized carbons (Fsp3) is 0.833. The van der Waals surface area contributed by atoms with E-state index < -0.39 is 0 Å². The quantitative estimate of drug-likeness (QED) is 0.477. The minimum absolute atomic E-state index is 0. The first-order valence-electron chi connectivity index (χ1n) is 1.79. The maximum atomic E-state index is 7.00. The largest absolute Gasteiger partial charge is 0.412 e. The summed E-state index contributed by atoms with van der Waals surface area (Å²) in [5.74, 6) is 0. The summed E-state index contributed by atoms with van der Waals surface area (Å²) in [6.45, 7) is 4.40. The third-order valence-corrected chi connectivity index (χ3v) is 0.402. The van der Waals surface area contributed by atoms with Gasteiger partial charge in [-0.2, -0.15) is 0 Å². The van der Waals surface area contributed by atoms with Gasteiger partial charge in [0.05, 0.1) is 0 Å². The van der Waals surface area contributed by atoms with Gasteiger partial charge in [-0.1, -0.05) is 14.9 Å². The molecule has 1 heterocycles. The summed E-state index contributed by atoms with van der Waals surface area (Å²) in [5.41, 5.74) is 0. The van der Waals surface area contributed by atoms with Gasteiger partial charge in [0.2, 0.25) is 0 Å². The van der Waals surface area contributed by atoms with Gasteiger partial charge < -0.3 is 22.2 Å². The van der Waals surface area contributed by atoms with E-state index in [1.807, 2.05) is 0 Å². The van der Waals surface area contributed by atoms with E-state index in [0.29, 0.717) is 6.10 Å². The Morgan fingerprint density at radius 2 is 1.50 bits per heavy atom. The Labute approximate surface area is 89.3 Å². The molecule has 0 aromatic rings. The van der Waals surface area contributed by atoms with Crippen LogP contribution in [0.15, 0.2) is 0 Å². The van der Waals surface area contributed by atoms with Crippen molar-refractivity contribution in [3.05, 3.63) is 6.92 Å². The van der Waals surface area contributed by atoms with Crippen LogP contribution in [0.1, 0.15) is 14.9 Å². The molecule has 4 heteroatoms. The van der Waals surface area contributed by atoms with Crippen LogP contribution in [-0.2, 0) is 37.4 Å². The van der Waals surface area contributed by atoms with Crippen LogP contribution < -0.4 is 0 Å². The zero-order valence-electron chi connectivity index (χ0n) is 4.92. The van der Waals surface area contributed by atoms with Crippen molar-refractivity contribution in [2.75, 3.05) is 13.7 Å². The van der Waals surface area contributed by atoms with Gasteiger partial charge in [0, 0.05) is 46.4 Å². The van der Waals surface area contributed by atoms with Crippen molar-refractivity contribution in [2.45, 2.75) is 21.0 Å². The van der Waals surface area contributed by atoms with Crippen LogP contribution in [0.4, 0.5) is 0 Å². The van der Waals surface area contributed by atoms with Gasteiger partial charge in [-0.15, -0.1) is 0 Å². The maximum absolute atomic E-state index is 7.00. The summed E-state index contributed by atoms with van der Waals surface area (Å²) >= 11 is 0. The minimum Gasteiger partial charge on any atom is -0.412 e. The molecule has 0 saturated carbocycles. The maximum Gasteiger partial charge on any atom is 0.0414 e. The van der Waals surface area contributed by atoms with Crippen LogP contribution in [0.25, 0.3) is 0 Å². The molecule has 0 aromatic carbocycles. The molecule has 0 aromatic heterocycles. The van der Waals surface area contributed by atoms with Crippen molar-refractivity contribution in [2.24, 2.45) is 0 Å². The standard InChI is InChI=1S/C3H5O.CH4O.2CH4.H2O.Y/c1-3-2-4-3;1-2;;;;/h3H,1-2H2;2H,1H3;2*1H4;1H2;/q-1;;;;;. The summed E-state index contributed by atoms with van der Waals surface area (Å²) in [6.07, 6.45) is 0.333. The molecule has 0 bridgehead atoms. The van der Waals surface area contributed by atoms with Crippen molar-refractivity contribution in [3.8, 4) is 0 Å². The molecular weight excluding hydrogens is 209 g/mol. The molecule has 1 radical (unpaired) electrons. The fourth-order valence-electron chi connectivity index (χ4n) is 0.0680. The topological polar surface area (TPSA) is 64.3 Å². The number of hydrogen-bond donors (Lipinski definition) is 1. The Morgan fingerprint density at radius 1 is 1.40 bits per heavy atom. The van der Waals surface area contributed by atoms with Crippen molar-refractivity contribution >= 4 is 0 Å². The van der Waals surface area contributed by atoms with Crippen LogP contribution in [0, 0.1) is 6.92 Å². The first kappa shape index (κ1) is 30.6. The van der Waals surface area contributed by atoms with Gasteiger partial charge in [-0.05, 0) is 6.10 Å². The molecule has 1 fully saturated rings. The number of aliphatic hydroxyl groups is 1. The first-order chi connectivity index (χ1) is 2.89. The summed E-state index contributed by atoms with van der Waals surface area (Å²) in [4.78, 5) is 0. The van der Waals surface area contributed by atoms with E-state index in [1.54, 1.807) is 0 Å². The van der Waals surface area contributed by atoms with Crippen molar-refractivity contribution in [1.29, 1.82) is 0 Å². The van der Waals surface area contributed by atoms with E-state index in [9.17, 15) is 0 Å². The van der Waals surface area contributed by atoms with Crippen LogP contribution >= 0.6 is 0 Å². The Kier molecular flexibility index (Phi) is 68.8. The molecule has 0 spiro atoms. The smallest absolute Gasteiger partial charge is 0.0414 e. The molecule has 1 aliphatic heterocycles. The zero-order chi connectivity index (χ0) is 4.99. The van der Waals surface area contributed by atoms with Crippen molar-refractivity contribution in [1.82, 2.24) is 0 Å². The van der Waals surface area contributed by atoms with Crippen molar-refractivity contribution < 1.29 is 48.0 Å². The number of epoxide rings is 1. The molecule has 1 atom stereocenters. The zero-order valence-corrected chi connectivity index (χ0v) is 7.76. The van der Waals surface area contributed by atoms with E-state index in [4.69, 9.17) is 5.11 Å². The normalized spacial score (nSPS) is 16.5. The third kappa shape index (κ3) is 36.1. The fourth-order valence-corrected chi connectivity index (χ4v) is 0.0680. The number of ether oxygens (including phenoxy) is 1. The van der Waals surface area contributed by atoms with E-state index in [1.165, 1.54) is 0 Å². The van der Waals surface area contributed by atoms with Gasteiger partial charge in [-0.3, -0.25) is 0 Å². The molecule has 1 rings (SSSR count). The second-order valence-electron chi connectivity index (χ2n) is 0.955. The first-order valence-corrected chi connectivity index (χ1v) is 1.79. The molecule has 10 heavy (non-hydrogen) atoms. The van der Waals surface area contributed by atoms with Gasteiger partial charge >= 0.3 is 0 Å². The molecule has 1 unspecified atom stereocenters. The monoisotopic (exact) mass is 228 g/mol. The van der Waals surface area contributed by atoms with Gasteiger partial charge in [0.15, 0.2) is 0 Å². The van der Waals surface area contributed by atoms with Crippen LogP contribution in [-0.4, -0.2) is 30.4 Å². The van der Waals surface area contributed by atoms with E-state index in [-0.39, 0.29) is 53.0 Å². The average Bonchev–Trinajstić information content (AvgIpc) is 2.30. The second kappa shape index (κ2) is 22.5. The van der Waals surface area contributed by atoms with Crippen LogP contribution in [0.3, 0.4) is 0 Å². The summed E-state index contributed by atoms with van der Waals surface area (Å²) in [7, 11) is 1.00. The summed E-state index contributed by atoms with van der Waals surface area (Å²) in [5, 5.41) is 7.00. The Hall–Kier alpha value is 0.984. The van der Waals surface area contributed by atoms with Gasteiger partial charge in [0.25, 0.3) is 0 Å². The molecule has 3 nitrogen and oxygen atoms in total. The van der Waals surface area contributed by atoms with Gasteiger partial charge in [0.1, 0.15) is 0 Å². The van der Waals surface area contributed by atoms with Gasteiger partial charge in [-0.25, -0.2) is 0 Å². The van der Waals surface area contributed by atoms with E-state index >= 15 is 0 Å². The second-order valence-corrected chi connectivity index (χ2v) is 0.955. The predicted molar refractivity (Wildman–Crippen MR) is 40.3 cm³/mol. The van der Waals surface area contributed by atoms with E-state index in [2.05, 4.69) is 11.7 Å². The minimum atomic E-state index is 0. The van der Waals surface area contributed by atoms with Crippen LogP contribution in [0.2, 0.25) is 0 Å². The summed E-state index contributed by atoms with van der Waals surface area (Å²) < 4.78 is 4.60. The van der Waals surface area contributed by atoms with E-state index in [0.717, 1.165) is 13.7 Å². The number of rotatable bonds is 0. The predicted octanol–water partition coefficient (Wildman–Crippen LogP) is 0.273. The van der Waals surface area contributed by atoms with Crippen molar-refractivity contribution in [3.63, 3.8) is 0 Å². The molecular formula is C6H19O3Y-. The molecule has 1 aliphatic rings. The Balaban J connectivity index is -0.0000000132. The third-order valence-electron chi connectivity index (χ3n) is 0.402. The molecule has 65 valence electrons. The number of aliphatic hydroxyl groups excluding tert-OH is 1. The molecule has 0 amide bonds. The average molecular weight is 228 g/mol. The summed E-state index contributed by atoms with van der Waals surface area (Å²) in [6, 6.07) is 0. The molecule has 0 aliphatic carbocycles. The SMILES string of the molecule is C.C.CO.O.[CH2-]C1CO1.[Y]. The Morgan fingerprint density at radius 3 is 1.50 bits per heavy atom. The molecule has 3 N–H and O–H groups in total. The number of hydrogen-bond acceptors (Lipinski definition) is 2. The Bertz CT molecular complexity index is 32.2. The van der Waals surface area contributed by atoms with Crippen LogP contribution in [0.5, 0.6) is 0 Å². The molecule has 1 saturated heterocycles.